The lowest BCUT2D eigenvalue weighted by Crippen LogP contribution is -2.01. The van der Waals surface area contributed by atoms with Crippen LogP contribution in [0.5, 0.6) is 5.75 Å². The van der Waals surface area contributed by atoms with Crippen molar-refractivity contribution >= 4 is 5.65 Å². The molecule has 0 saturated carbocycles. The Morgan fingerprint density at radius 1 is 1.16 bits per heavy atom. The summed E-state index contributed by atoms with van der Waals surface area (Å²) in [6.07, 6.45) is 6.82. The Labute approximate surface area is 144 Å². The van der Waals surface area contributed by atoms with Crippen molar-refractivity contribution < 1.29 is 9.15 Å². The molecule has 4 aromatic rings. The fourth-order valence-electron chi connectivity index (χ4n) is 2.88. The fourth-order valence-corrected chi connectivity index (χ4v) is 2.88. The molecular formula is C18H19N5O2. The number of methoxy groups -OCH3 is 1. The molecule has 128 valence electrons. The molecule has 0 aliphatic heterocycles. The maximum Gasteiger partial charge on any atom is 0.198 e. The quantitative estimate of drug-likeness (QED) is 0.560. The van der Waals surface area contributed by atoms with Gasteiger partial charge in [0.05, 0.1) is 25.3 Å². The first kappa shape index (κ1) is 15.4. The normalized spacial score (nSPS) is 11.3. The van der Waals surface area contributed by atoms with E-state index in [1.54, 1.807) is 19.6 Å². The van der Waals surface area contributed by atoms with Crippen LogP contribution >= 0.6 is 0 Å². The molecule has 0 radical (unpaired) electrons. The van der Waals surface area contributed by atoms with E-state index in [9.17, 15) is 0 Å². The van der Waals surface area contributed by atoms with E-state index >= 15 is 0 Å². The zero-order chi connectivity index (χ0) is 17.4. The molecule has 0 atom stereocenters. The Balaban J connectivity index is 1.58. The van der Waals surface area contributed by atoms with E-state index < -0.39 is 0 Å². The van der Waals surface area contributed by atoms with Crippen molar-refractivity contribution in [1.29, 1.82) is 0 Å². The zero-order valence-corrected chi connectivity index (χ0v) is 14.4. The van der Waals surface area contributed by atoms with E-state index in [0.29, 0.717) is 6.42 Å². The van der Waals surface area contributed by atoms with Crippen LogP contribution in [0.1, 0.15) is 17.3 Å². The second-order valence-corrected chi connectivity index (χ2v) is 5.97. The van der Waals surface area contributed by atoms with Crippen molar-refractivity contribution in [1.82, 2.24) is 24.1 Å². The molecule has 4 aromatic heterocycles. The molecule has 0 fully saturated rings. The van der Waals surface area contributed by atoms with Gasteiger partial charge in [0.2, 0.25) is 0 Å². The number of ether oxygens (including phenoxy) is 1. The number of hydrogen-bond donors (Lipinski definition) is 0. The third-order valence-electron chi connectivity index (χ3n) is 4.26. The highest BCUT2D eigenvalue weighted by Crippen LogP contribution is 2.21. The van der Waals surface area contributed by atoms with Gasteiger partial charge in [-0.3, -0.25) is 0 Å². The van der Waals surface area contributed by atoms with Crippen LogP contribution in [0.15, 0.2) is 41.3 Å². The molecule has 0 amide bonds. The number of hydrogen-bond acceptors (Lipinski definition) is 5. The number of aryl methyl sites for hydroxylation is 4. The predicted molar refractivity (Wildman–Crippen MR) is 92.6 cm³/mol. The molecule has 0 saturated heterocycles. The minimum atomic E-state index is 0.708. The van der Waals surface area contributed by atoms with E-state index in [-0.39, 0.29) is 0 Å². The summed E-state index contributed by atoms with van der Waals surface area (Å²) in [4.78, 5) is 9.31. The van der Waals surface area contributed by atoms with Gasteiger partial charge in [-0.05, 0) is 25.1 Å². The van der Waals surface area contributed by atoms with Crippen LogP contribution in [0.25, 0.3) is 16.9 Å². The molecule has 0 aliphatic rings. The maximum atomic E-state index is 5.37. The Hall–Kier alpha value is -3.09. The molecule has 0 spiro atoms. The molecule has 0 unspecified atom stereocenters. The second kappa shape index (κ2) is 6.08. The highest BCUT2D eigenvalue weighted by molar-refractivity contribution is 5.56. The molecule has 0 aromatic carbocycles. The van der Waals surface area contributed by atoms with Gasteiger partial charge in [0.1, 0.15) is 5.82 Å². The van der Waals surface area contributed by atoms with Crippen LogP contribution in [0.3, 0.4) is 0 Å². The summed E-state index contributed by atoms with van der Waals surface area (Å²) in [5.74, 6) is 2.49. The molecule has 25 heavy (non-hydrogen) atoms. The topological polar surface area (TPSA) is 70.4 Å². The SMILES string of the molecule is COc1ccc(C)n2nc(CCc3nc(-c4ccoc4)cn3C)nc12. The molecule has 4 heterocycles. The smallest absolute Gasteiger partial charge is 0.198 e. The molecule has 7 nitrogen and oxygen atoms in total. The molecule has 0 N–H and O–H groups in total. The fraction of sp³-hybridized carbons (Fsp3) is 0.278. The second-order valence-electron chi connectivity index (χ2n) is 5.97. The highest BCUT2D eigenvalue weighted by atomic mass is 16.5. The minimum absolute atomic E-state index is 0.708. The lowest BCUT2D eigenvalue weighted by atomic mass is 10.2. The third-order valence-corrected chi connectivity index (χ3v) is 4.26. The van der Waals surface area contributed by atoms with Gasteiger partial charge in [-0.2, -0.15) is 5.10 Å². The van der Waals surface area contributed by atoms with Crippen LogP contribution in [-0.4, -0.2) is 31.3 Å². The van der Waals surface area contributed by atoms with Gasteiger partial charge in [-0.25, -0.2) is 14.5 Å². The Morgan fingerprint density at radius 3 is 2.80 bits per heavy atom. The molecule has 7 heteroatoms. The van der Waals surface area contributed by atoms with E-state index in [4.69, 9.17) is 9.15 Å². The first-order chi connectivity index (χ1) is 12.2. The number of nitrogens with zero attached hydrogens (tertiary/aromatic N) is 5. The van der Waals surface area contributed by atoms with Gasteiger partial charge < -0.3 is 13.7 Å². The monoisotopic (exact) mass is 337 g/mol. The number of aromatic nitrogens is 5. The van der Waals surface area contributed by atoms with Crippen molar-refractivity contribution in [3.05, 3.63) is 54.3 Å². The average molecular weight is 337 g/mol. The van der Waals surface area contributed by atoms with Gasteiger partial charge >= 0.3 is 0 Å². The number of imidazole rings is 1. The van der Waals surface area contributed by atoms with Gasteiger partial charge in [0.15, 0.2) is 17.2 Å². The third kappa shape index (κ3) is 2.77. The van der Waals surface area contributed by atoms with Crippen LogP contribution in [0, 0.1) is 6.92 Å². The molecule has 4 rings (SSSR count). The van der Waals surface area contributed by atoms with Crippen molar-refractivity contribution in [2.24, 2.45) is 7.05 Å². The van der Waals surface area contributed by atoms with Crippen LogP contribution in [0.2, 0.25) is 0 Å². The van der Waals surface area contributed by atoms with Crippen molar-refractivity contribution in [2.75, 3.05) is 7.11 Å². The van der Waals surface area contributed by atoms with E-state index in [1.165, 1.54) is 0 Å². The van der Waals surface area contributed by atoms with E-state index in [2.05, 4.69) is 15.1 Å². The lowest BCUT2D eigenvalue weighted by molar-refractivity contribution is 0.416. The molecule has 0 bridgehead atoms. The van der Waals surface area contributed by atoms with Gasteiger partial charge in [-0.15, -0.1) is 0 Å². The number of fused-ring (bicyclic) bond motifs is 1. The van der Waals surface area contributed by atoms with Gasteiger partial charge in [0, 0.05) is 37.3 Å². The predicted octanol–water partition coefficient (Wildman–Crippen LogP) is 2.83. The first-order valence-corrected chi connectivity index (χ1v) is 8.10. The summed E-state index contributed by atoms with van der Waals surface area (Å²) >= 11 is 0. The summed E-state index contributed by atoms with van der Waals surface area (Å²) in [7, 11) is 3.64. The van der Waals surface area contributed by atoms with Gasteiger partial charge in [0.25, 0.3) is 0 Å². The van der Waals surface area contributed by atoms with E-state index in [1.807, 2.05) is 47.4 Å². The van der Waals surface area contributed by atoms with Gasteiger partial charge in [-0.1, -0.05) is 0 Å². The van der Waals surface area contributed by atoms with E-state index in [0.717, 1.165) is 46.4 Å². The summed E-state index contributed by atoms with van der Waals surface area (Å²) in [5, 5.41) is 4.60. The standard InChI is InChI=1S/C18H19N5O2/c1-12-4-5-15(24-3)18-20-16(21-23(12)18)6-7-17-19-14(10-22(17)2)13-8-9-25-11-13/h4-5,8-11H,6-7H2,1-3H3. The molecule has 0 aliphatic carbocycles. The summed E-state index contributed by atoms with van der Waals surface area (Å²) in [6, 6.07) is 5.80. The zero-order valence-electron chi connectivity index (χ0n) is 14.4. The number of rotatable bonds is 5. The summed E-state index contributed by atoms with van der Waals surface area (Å²) in [5.41, 5.74) is 3.66. The average Bonchev–Trinajstić information content (AvgIpc) is 3.33. The van der Waals surface area contributed by atoms with Crippen LogP contribution in [-0.2, 0) is 19.9 Å². The van der Waals surface area contributed by atoms with Crippen molar-refractivity contribution in [3.8, 4) is 17.0 Å². The number of pyridine rings is 1. The first-order valence-electron chi connectivity index (χ1n) is 8.10. The lowest BCUT2D eigenvalue weighted by Gasteiger charge is -2.02. The number of furan rings is 1. The summed E-state index contributed by atoms with van der Waals surface area (Å²) in [6.45, 7) is 2.00. The largest absolute Gasteiger partial charge is 0.493 e. The maximum absolute atomic E-state index is 5.37. The van der Waals surface area contributed by atoms with Crippen molar-refractivity contribution in [3.63, 3.8) is 0 Å². The van der Waals surface area contributed by atoms with Crippen LogP contribution < -0.4 is 4.74 Å². The Kier molecular flexibility index (Phi) is 3.76. The Bertz CT molecular complexity index is 1010. The van der Waals surface area contributed by atoms with Crippen molar-refractivity contribution in [2.45, 2.75) is 19.8 Å². The summed E-state index contributed by atoms with van der Waals surface area (Å²) < 4.78 is 14.4. The van der Waals surface area contributed by atoms with Crippen LogP contribution in [0.4, 0.5) is 0 Å². The highest BCUT2D eigenvalue weighted by Gasteiger charge is 2.13. The molecular weight excluding hydrogens is 318 g/mol. The minimum Gasteiger partial charge on any atom is -0.493 e. The Morgan fingerprint density at radius 2 is 2.04 bits per heavy atom.